The Morgan fingerprint density at radius 2 is 1.86 bits per heavy atom. The van der Waals surface area contributed by atoms with E-state index in [1.165, 1.54) is 5.56 Å². The second kappa shape index (κ2) is 5.53. The highest BCUT2D eigenvalue weighted by Crippen LogP contribution is 2.30. The van der Waals surface area contributed by atoms with E-state index in [0.717, 1.165) is 26.9 Å². The number of aromatic nitrogens is 2. The molecule has 0 spiro atoms. The summed E-state index contributed by atoms with van der Waals surface area (Å²) in [5, 5.41) is 0. The number of rotatable bonds is 3. The molecule has 3 nitrogen and oxygen atoms in total. The van der Waals surface area contributed by atoms with E-state index in [4.69, 9.17) is 4.74 Å². The van der Waals surface area contributed by atoms with E-state index in [-0.39, 0.29) is 0 Å². The van der Waals surface area contributed by atoms with E-state index in [2.05, 4.69) is 51.5 Å². The fourth-order valence-electron chi connectivity index (χ4n) is 2.50. The highest BCUT2D eigenvalue weighted by atomic mass is 79.9. The largest absolute Gasteiger partial charge is 0.497 e. The van der Waals surface area contributed by atoms with Gasteiger partial charge in [0.15, 0.2) is 0 Å². The van der Waals surface area contributed by atoms with Crippen LogP contribution in [0.2, 0.25) is 0 Å². The molecule has 0 saturated heterocycles. The molecule has 21 heavy (non-hydrogen) atoms. The highest BCUT2D eigenvalue weighted by molar-refractivity contribution is 9.10. The minimum absolute atomic E-state index is 0.434. The molecule has 3 rings (SSSR count). The zero-order valence-electron chi connectivity index (χ0n) is 12.3. The Morgan fingerprint density at radius 1 is 1.14 bits per heavy atom. The maximum Gasteiger partial charge on any atom is 0.119 e. The lowest BCUT2D eigenvalue weighted by molar-refractivity contribution is 0.415. The summed E-state index contributed by atoms with van der Waals surface area (Å²) in [7, 11) is 1.67. The van der Waals surface area contributed by atoms with Crippen molar-refractivity contribution in [2.75, 3.05) is 7.11 Å². The van der Waals surface area contributed by atoms with E-state index in [0.29, 0.717) is 5.92 Å². The van der Waals surface area contributed by atoms with Gasteiger partial charge in [-0.05, 0) is 47.9 Å². The molecular weight excluding hydrogens is 328 g/mol. The first-order valence-corrected chi connectivity index (χ1v) is 7.70. The first-order chi connectivity index (χ1) is 10.1. The van der Waals surface area contributed by atoms with Gasteiger partial charge in [-0.3, -0.25) is 4.57 Å². The second-order valence-corrected chi connectivity index (χ2v) is 6.25. The van der Waals surface area contributed by atoms with Crippen molar-refractivity contribution in [3.8, 4) is 11.4 Å². The van der Waals surface area contributed by atoms with E-state index in [1.54, 1.807) is 7.11 Å². The first kappa shape index (κ1) is 14.1. The molecular formula is C17H17BrN2O. The molecule has 0 aliphatic carbocycles. The molecule has 0 saturated carbocycles. The number of nitrogens with zero attached hydrogens (tertiary/aromatic N) is 2. The lowest BCUT2D eigenvalue weighted by Crippen LogP contribution is -1.94. The minimum Gasteiger partial charge on any atom is -0.497 e. The Balaban J connectivity index is 2.19. The molecule has 0 atom stereocenters. The summed E-state index contributed by atoms with van der Waals surface area (Å²) in [6.45, 7) is 4.38. The number of methoxy groups -OCH3 is 1. The topological polar surface area (TPSA) is 27.1 Å². The molecule has 4 heteroatoms. The predicted molar refractivity (Wildman–Crippen MR) is 89.4 cm³/mol. The average molecular weight is 345 g/mol. The number of imidazole rings is 1. The molecule has 0 aliphatic heterocycles. The van der Waals surface area contributed by atoms with E-state index in [9.17, 15) is 0 Å². The molecule has 1 aromatic heterocycles. The van der Waals surface area contributed by atoms with Crippen LogP contribution in [0.5, 0.6) is 5.75 Å². The molecule has 0 aliphatic rings. The standard InChI is InChI=1S/C17H17BrN2O/c1-11(2)15-8-12(18)9-16-17(15)19-10-20(16)13-4-6-14(21-3)7-5-13/h4-11H,1-3H3. The third kappa shape index (κ3) is 2.56. The summed E-state index contributed by atoms with van der Waals surface area (Å²) < 4.78 is 8.39. The van der Waals surface area contributed by atoms with Crippen molar-refractivity contribution in [1.82, 2.24) is 9.55 Å². The fourth-order valence-corrected chi connectivity index (χ4v) is 2.96. The third-order valence-electron chi connectivity index (χ3n) is 3.62. The van der Waals surface area contributed by atoms with Gasteiger partial charge in [0, 0.05) is 10.2 Å². The Labute approximate surface area is 132 Å². The van der Waals surface area contributed by atoms with Crippen molar-refractivity contribution >= 4 is 27.0 Å². The monoisotopic (exact) mass is 344 g/mol. The molecule has 0 fully saturated rings. The van der Waals surface area contributed by atoms with E-state index in [1.807, 2.05) is 30.6 Å². The maximum absolute atomic E-state index is 5.21. The van der Waals surface area contributed by atoms with Crippen molar-refractivity contribution < 1.29 is 4.74 Å². The number of fused-ring (bicyclic) bond motifs is 1. The molecule has 1 heterocycles. The van der Waals surface area contributed by atoms with E-state index < -0.39 is 0 Å². The van der Waals surface area contributed by atoms with Crippen LogP contribution in [-0.4, -0.2) is 16.7 Å². The van der Waals surface area contributed by atoms with Crippen molar-refractivity contribution in [2.45, 2.75) is 19.8 Å². The quantitative estimate of drug-likeness (QED) is 0.674. The van der Waals surface area contributed by atoms with Crippen LogP contribution in [0.3, 0.4) is 0 Å². The summed E-state index contributed by atoms with van der Waals surface area (Å²) in [5.74, 6) is 1.29. The molecule has 0 amide bonds. The van der Waals surface area contributed by atoms with Crippen molar-refractivity contribution in [2.24, 2.45) is 0 Å². The summed E-state index contributed by atoms with van der Waals surface area (Å²) >= 11 is 3.60. The Kier molecular flexibility index (Phi) is 3.72. The fraction of sp³-hybridized carbons (Fsp3) is 0.235. The molecule has 0 bridgehead atoms. The summed E-state index contributed by atoms with van der Waals surface area (Å²) in [5.41, 5.74) is 4.50. The van der Waals surface area contributed by atoms with Gasteiger partial charge >= 0.3 is 0 Å². The molecule has 108 valence electrons. The normalized spacial score (nSPS) is 11.3. The van der Waals surface area contributed by atoms with Gasteiger partial charge in [0.1, 0.15) is 12.1 Å². The smallest absolute Gasteiger partial charge is 0.119 e. The molecule has 0 radical (unpaired) electrons. The van der Waals surface area contributed by atoms with Crippen LogP contribution in [0.15, 0.2) is 47.2 Å². The SMILES string of the molecule is COc1ccc(-n2cnc3c(C(C)C)cc(Br)cc32)cc1. The van der Waals surface area contributed by atoms with Crippen LogP contribution in [0, 0.1) is 0 Å². The van der Waals surface area contributed by atoms with Gasteiger partial charge in [0.2, 0.25) is 0 Å². The van der Waals surface area contributed by atoms with Crippen LogP contribution in [0.4, 0.5) is 0 Å². The van der Waals surface area contributed by atoms with Crippen molar-refractivity contribution in [3.63, 3.8) is 0 Å². The van der Waals surface area contributed by atoms with Crippen LogP contribution in [0.1, 0.15) is 25.3 Å². The minimum atomic E-state index is 0.434. The summed E-state index contributed by atoms with van der Waals surface area (Å²) in [4.78, 5) is 4.61. The highest BCUT2D eigenvalue weighted by Gasteiger charge is 2.12. The van der Waals surface area contributed by atoms with Gasteiger partial charge in [-0.15, -0.1) is 0 Å². The Bertz CT molecular complexity index is 775. The number of benzene rings is 2. The lowest BCUT2D eigenvalue weighted by atomic mass is 10.0. The number of hydrogen-bond donors (Lipinski definition) is 0. The molecule has 2 aromatic carbocycles. The lowest BCUT2D eigenvalue weighted by Gasteiger charge is -2.09. The molecule has 0 unspecified atom stereocenters. The van der Waals surface area contributed by atoms with Gasteiger partial charge in [-0.25, -0.2) is 4.98 Å². The number of hydrogen-bond acceptors (Lipinski definition) is 2. The van der Waals surface area contributed by atoms with Gasteiger partial charge in [0.25, 0.3) is 0 Å². The predicted octanol–water partition coefficient (Wildman–Crippen LogP) is 4.92. The Morgan fingerprint density at radius 3 is 2.48 bits per heavy atom. The van der Waals surface area contributed by atoms with E-state index >= 15 is 0 Å². The van der Waals surface area contributed by atoms with Crippen LogP contribution < -0.4 is 4.74 Å². The molecule has 0 N–H and O–H groups in total. The van der Waals surface area contributed by atoms with Crippen LogP contribution in [-0.2, 0) is 0 Å². The van der Waals surface area contributed by atoms with Gasteiger partial charge in [-0.1, -0.05) is 29.8 Å². The first-order valence-electron chi connectivity index (χ1n) is 6.91. The van der Waals surface area contributed by atoms with Gasteiger partial charge in [-0.2, -0.15) is 0 Å². The number of ether oxygens (including phenoxy) is 1. The van der Waals surface area contributed by atoms with Gasteiger partial charge in [0.05, 0.1) is 18.1 Å². The second-order valence-electron chi connectivity index (χ2n) is 5.33. The van der Waals surface area contributed by atoms with Gasteiger partial charge < -0.3 is 4.74 Å². The zero-order chi connectivity index (χ0) is 15.0. The zero-order valence-corrected chi connectivity index (χ0v) is 13.9. The van der Waals surface area contributed by atoms with Crippen LogP contribution >= 0.6 is 15.9 Å². The van der Waals surface area contributed by atoms with Crippen molar-refractivity contribution in [3.05, 3.63) is 52.8 Å². The molecule has 3 aromatic rings. The number of halogens is 1. The average Bonchev–Trinajstić information content (AvgIpc) is 2.90. The van der Waals surface area contributed by atoms with Crippen molar-refractivity contribution in [1.29, 1.82) is 0 Å². The Hall–Kier alpha value is -1.81. The summed E-state index contributed by atoms with van der Waals surface area (Å²) in [6.07, 6.45) is 1.88. The maximum atomic E-state index is 5.21. The summed E-state index contributed by atoms with van der Waals surface area (Å²) in [6, 6.07) is 12.3. The third-order valence-corrected chi connectivity index (χ3v) is 4.08. The van der Waals surface area contributed by atoms with Crippen LogP contribution in [0.25, 0.3) is 16.7 Å².